The Labute approximate surface area is 185 Å². The number of aromatic nitrogens is 3. The van der Waals surface area contributed by atoms with Crippen molar-refractivity contribution in [2.24, 2.45) is 5.92 Å². The zero-order valence-electron chi connectivity index (χ0n) is 19.0. The second kappa shape index (κ2) is 9.73. The van der Waals surface area contributed by atoms with Crippen molar-refractivity contribution < 1.29 is 4.79 Å². The molecule has 4 heterocycles. The monoisotopic (exact) mass is 422 g/mol. The molecule has 166 valence electrons. The zero-order chi connectivity index (χ0) is 21.8. The molecule has 7 heteroatoms. The minimum Gasteiger partial charge on any atom is -0.342 e. The SMILES string of the molecule is CC(C)CC(=O)N1CCC[C@H](c2nc(N3CCN(C)CC3)ncc2-c2ccncc2)C1. The van der Waals surface area contributed by atoms with Gasteiger partial charge in [-0.25, -0.2) is 9.97 Å². The number of likely N-dealkylation sites (N-methyl/N-ethyl adjacent to an activating group) is 1. The van der Waals surface area contributed by atoms with E-state index in [0.717, 1.165) is 74.9 Å². The van der Waals surface area contributed by atoms with Gasteiger partial charge < -0.3 is 14.7 Å². The molecule has 2 aliphatic heterocycles. The van der Waals surface area contributed by atoms with Gasteiger partial charge in [-0.2, -0.15) is 0 Å². The lowest BCUT2D eigenvalue weighted by Gasteiger charge is -2.35. The van der Waals surface area contributed by atoms with E-state index < -0.39 is 0 Å². The fourth-order valence-electron chi connectivity index (χ4n) is 4.51. The molecule has 2 aromatic rings. The summed E-state index contributed by atoms with van der Waals surface area (Å²) >= 11 is 0. The highest BCUT2D eigenvalue weighted by Crippen LogP contribution is 2.34. The Hall–Kier alpha value is -2.54. The van der Waals surface area contributed by atoms with Crippen LogP contribution in [-0.2, 0) is 4.79 Å². The predicted octanol–water partition coefficient (Wildman–Crippen LogP) is 3.04. The predicted molar refractivity (Wildman–Crippen MR) is 123 cm³/mol. The number of likely N-dealkylation sites (tertiary alicyclic amines) is 1. The number of rotatable bonds is 5. The van der Waals surface area contributed by atoms with Crippen molar-refractivity contribution >= 4 is 11.9 Å². The Kier molecular flexibility index (Phi) is 6.80. The molecule has 0 N–H and O–H groups in total. The molecular weight excluding hydrogens is 388 g/mol. The van der Waals surface area contributed by atoms with Gasteiger partial charge >= 0.3 is 0 Å². The van der Waals surface area contributed by atoms with Crippen molar-refractivity contribution in [2.75, 3.05) is 51.2 Å². The molecule has 0 saturated carbocycles. The average Bonchev–Trinajstić information content (AvgIpc) is 2.79. The van der Waals surface area contributed by atoms with Gasteiger partial charge in [0.1, 0.15) is 0 Å². The summed E-state index contributed by atoms with van der Waals surface area (Å²) in [6, 6.07) is 4.03. The normalized spacial score (nSPS) is 20.3. The van der Waals surface area contributed by atoms with Gasteiger partial charge in [-0.15, -0.1) is 0 Å². The maximum Gasteiger partial charge on any atom is 0.225 e. The summed E-state index contributed by atoms with van der Waals surface area (Å²) in [5.41, 5.74) is 3.21. The first-order chi connectivity index (χ1) is 15.0. The van der Waals surface area contributed by atoms with Gasteiger partial charge in [0.05, 0.1) is 5.69 Å². The molecule has 0 unspecified atom stereocenters. The Morgan fingerprint density at radius 1 is 1.13 bits per heavy atom. The molecule has 4 rings (SSSR count). The summed E-state index contributed by atoms with van der Waals surface area (Å²) in [7, 11) is 2.15. The van der Waals surface area contributed by atoms with Crippen LogP contribution in [0, 0.1) is 5.92 Å². The Morgan fingerprint density at radius 3 is 2.58 bits per heavy atom. The van der Waals surface area contributed by atoms with Crippen molar-refractivity contribution in [3.05, 3.63) is 36.4 Å². The van der Waals surface area contributed by atoms with Crippen molar-refractivity contribution in [1.82, 2.24) is 24.8 Å². The molecule has 2 aromatic heterocycles. The summed E-state index contributed by atoms with van der Waals surface area (Å²) in [5.74, 6) is 1.68. The molecular formula is C24H34N6O. The van der Waals surface area contributed by atoms with E-state index in [-0.39, 0.29) is 11.8 Å². The lowest BCUT2D eigenvalue weighted by Crippen LogP contribution is -2.45. The molecule has 0 bridgehead atoms. The fourth-order valence-corrected chi connectivity index (χ4v) is 4.51. The Bertz CT molecular complexity index is 879. The van der Waals surface area contributed by atoms with E-state index in [2.05, 4.69) is 35.7 Å². The minimum absolute atomic E-state index is 0.224. The molecule has 0 radical (unpaired) electrons. The van der Waals surface area contributed by atoms with E-state index in [0.29, 0.717) is 12.3 Å². The second-order valence-corrected chi connectivity index (χ2v) is 9.27. The Balaban J connectivity index is 1.64. The van der Waals surface area contributed by atoms with Gasteiger partial charge in [-0.3, -0.25) is 9.78 Å². The standard InChI is InChI=1S/C24H34N6O/c1-18(2)15-22(31)30-10-4-5-20(17-30)23-21(19-6-8-25-9-7-19)16-26-24(27-23)29-13-11-28(3)12-14-29/h6-9,16,18,20H,4-5,10-15,17H2,1-3H3/t20-/m0/s1. The molecule has 0 spiro atoms. The molecule has 0 aliphatic carbocycles. The molecule has 2 fully saturated rings. The van der Waals surface area contributed by atoms with Crippen LogP contribution in [0.25, 0.3) is 11.1 Å². The van der Waals surface area contributed by atoms with Gasteiger partial charge in [0.2, 0.25) is 11.9 Å². The maximum atomic E-state index is 12.8. The van der Waals surface area contributed by atoms with Crippen LogP contribution < -0.4 is 4.90 Å². The number of piperazine rings is 1. The van der Waals surface area contributed by atoms with E-state index in [4.69, 9.17) is 9.97 Å². The topological polar surface area (TPSA) is 65.5 Å². The van der Waals surface area contributed by atoms with Crippen molar-refractivity contribution in [3.8, 4) is 11.1 Å². The number of hydrogen-bond acceptors (Lipinski definition) is 6. The minimum atomic E-state index is 0.224. The van der Waals surface area contributed by atoms with Crippen LogP contribution in [0.5, 0.6) is 0 Å². The maximum absolute atomic E-state index is 12.8. The zero-order valence-corrected chi connectivity index (χ0v) is 19.0. The highest BCUT2D eigenvalue weighted by molar-refractivity contribution is 5.76. The number of nitrogens with zero attached hydrogens (tertiary/aromatic N) is 6. The average molecular weight is 423 g/mol. The molecule has 2 aliphatic rings. The van der Waals surface area contributed by atoms with Gasteiger partial charge in [0, 0.05) is 75.8 Å². The van der Waals surface area contributed by atoms with Crippen LogP contribution in [0.1, 0.15) is 44.7 Å². The number of amides is 1. The van der Waals surface area contributed by atoms with Gasteiger partial charge in [0.15, 0.2) is 0 Å². The summed E-state index contributed by atoms with van der Waals surface area (Å²) in [5, 5.41) is 0. The van der Waals surface area contributed by atoms with Crippen molar-refractivity contribution in [3.63, 3.8) is 0 Å². The smallest absolute Gasteiger partial charge is 0.225 e. The van der Waals surface area contributed by atoms with Gasteiger partial charge in [0.25, 0.3) is 0 Å². The van der Waals surface area contributed by atoms with E-state index in [1.807, 2.05) is 35.6 Å². The molecule has 2 saturated heterocycles. The fraction of sp³-hybridized carbons (Fsp3) is 0.583. The highest BCUT2D eigenvalue weighted by atomic mass is 16.2. The third kappa shape index (κ3) is 5.21. The second-order valence-electron chi connectivity index (χ2n) is 9.27. The lowest BCUT2D eigenvalue weighted by molar-refractivity contribution is -0.133. The van der Waals surface area contributed by atoms with Crippen molar-refractivity contribution in [2.45, 2.75) is 39.0 Å². The highest BCUT2D eigenvalue weighted by Gasteiger charge is 2.29. The number of anilines is 1. The van der Waals surface area contributed by atoms with E-state index in [1.54, 1.807) is 0 Å². The summed E-state index contributed by atoms with van der Waals surface area (Å²) in [4.78, 5) is 33.4. The van der Waals surface area contributed by atoms with Crippen LogP contribution in [0.4, 0.5) is 5.95 Å². The third-order valence-corrected chi connectivity index (χ3v) is 6.33. The Morgan fingerprint density at radius 2 is 1.87 bits per heavy atom. The van der Waals surface area contributed by atoms with Crippen molar-refractivity contribution in [1.29, 1.82) is 0 Å². The van der Waals surface area contributed by atoms with E-state index >= 15 is 0 Å². The molecule has 1 amide bonds. The van der Waals surface area contributed by atoms with E-state index in [1.165, 1.54) is 0 Å². The van der Waals surface area contributed by atoms with Gasteiger partial charge in [-0.05, 0) is 43.5 Å². The number of pyridine rings is 1. The quantitative estimate of drug-likeness (QED) is 0.738. The van der Waals surface area contributed by atoms with Crippen LogP contribution in [0.2, 0.25) is 0 Å². The van der Waals surface area contributed by atoms with Gasteiger partial charge in [-0.1, -0.05) is 13.8 Å². The lowest BCUT2D eigenvalue weighted by atomic mass is 9.89. The third-order valence-electron chi connectivity index (χ3n) is 6.33. The molecule has 0 aromatic carbocycles. The molecule has 31 heavy (non-hydrogen) atoms. The first-order valence-corrected chi connectivity index (χ1v) is 11.5. The van der Waals surface area contributed by atoms with Crippen LogP contribution >= 0.6 is 0 Å². The number of piperidine rings is 1. The van der Waals surface area contributed by atoms with E-state index in [9.17, 15) is 4.79 Å². The van der Waals surface area contributed by atoms with Crippen LogP contribution in [-0.4, -0.2) is 77.0 Å². The first-order valence-electron chi connectivity index (χ1n) is 11.5. The number of carbonyl (C=O) groups excluding carboxylic acids is 1. The van der Waals surface area contributed by atoms with Crippen LogP contribution in [0.15, 0.2) is 30.7 Å². The van der Waals surface area contributed by atoms with Crippen LogP contribution in [0.3, 0.4) is 0 Å². The summed E-state index contributed by atoms with van der Waals surface area (Å²) in [6.07, 6.45) is 8.26. The summed E-state index contributed by atoms with van der Waals surface area (Å²) in [6.45, 7) is 9.72. The molecule has 1 atom stereocenters. The number of carbonyl (C=O) groups is 1. The largest absolute Gasteiger partial charge is 0.342 e. The molecule has 7 nitrogen and oxygen atoms in total. The number of hydrogen-bond donors (Lipinski definition) is 0. The first kappa shape index (κ1) is 21.7. The summed E-state index contributed by atoms with van der Waals surface area (Å²) < 4.78 is 0.